The molecule has 2 fully saturated rings. The number of nitrogens with one attached hydrogen (secondary N) is 1. The molecule has 10 nitrogen and oxygen atoms in total. The third kappa shape index (κ3) is 7.32. The first-order valence-corrected chi connectivity index (χ1v) is 15.3. The summed E-state index contributed by atoms with van der Waals surface area (Å²) < 4.78 is 36.1. The van der Waals surface area contributed by atoms with E-state index in [2.05, 4.69) is 10.5 Å². The molecule has 47 heavy (non-hydrogen) atoms. The number of ether oxygens (including phenoxy) is 4. The fourth-order valence-electron chi connectivity index (χ4n) is 5.64. The highest BCUT2D eigenvalue weighted by Crippen LogP contribution is 2.49. The van der Waals surface area contributed by atoms with Crippen molar-refractivity contribution in [1.29, 1.82) is 0 Å². The number of rotatable bonds is 13. The molecule has 1 aliphatic heterocycles. The molecule has 1 aromatic heterocycles. The Morgan fingerprint density at radius 1 is 0.936 bits per heavy atom. The summed E-state index contributed by atoms with van der Waals surface area (Å²) in [6.07, 6.45) is 2.55. The van der Waals surface area contributed by atoms with Crippen molar-refractivity contribution in [3.63, 3.8) is 0 Å². The van der Waals surface area contributed by atoms with Crippen LogP contribution >= 0.6 is 0 Å². The predicted octanol–water partition coefficient (Wildman–Crippen LogP) is 5.69. The van der Waals surface area contributed by atoms with Crippen LogP contribution in [-0.2, 0) is 36.7 Å². The molecule has 4 aromatic rings. The lowest BCUT2D eigenvalue weighted by Crippen LogP contribution is -2.30. The lowest BCUT2D eigenvalue weighted by Gasteiger charge is -2.17. The van der Waals surface area contributed by atoms with Crippen LogP contribution in [0.5, 0.6) is 17.2 Å². The number of ketones is 2. The number of fused-ring (bicyclic) bond motifs is 1. The Bertz CT molecular complexity index is 1800. The topological polar surface area (TPSA) is 122 Å². The van der Waals surface area contributed by atoms with Crippen LogP contribution in [0.25, 0.3) is 10.9 Å². The van der Waals surface area contributed by atoms with Crippen molar-refractivity contribution in [2.75, 3.05) is 20.3 Å². The number of benzene rings is 3. The van der Waals surface area contributed by atoms with Crippen LogP contribution in [0.3, 0.4) is 0 Å². The van der Waals surface area contributed by atoms with Gasteiger partial charge in [0.15, 0.2) is 17.4 Å². The molecule has 0 bridgehead atoms. The molecular weight excluding hydrogens is 607 g/mol. The first-order chi connectivity index (χ1) is 22.5. The van der Waals surface area contributed by atoms with Gasteiger partial charge in [0.1, 0.15) is 35.8 Å². The molecule has 1 saturated heterocycles. The molecule has 0 spiro atoms. The molecule has 11 heteroatoms. The number of carbonyl (C=O) groups excluding carboxylic acids is 3. The molecule has 1 atom stereocenters. The normalized spacial score (nSPS) is 17.7. The van der Waals surface area contributed by atoms with E-state index in [-0.39, 0.29) is 48.5 Å². The molecule has 2 aliphatic rings. The minimum Gasteiger partial charge on any atom is -0.496 e. The van der Waals surface area contributed by atoms with Crippen LogP contribution in [0.15, 0.2) is 72.9 Å². The van der Waals surface area contributed by atoms with Gasteiger partial charge in [-0.1, -0.05) is 24.3 Å². The van der Waals surface area contributed by atoms with Crippen molar-refractivity contribution in [2.24, 2.45) is 5.41 Å². The second-order valence-electron chi connectivity index (χ2n) is 12.2. The van der Waals surface area contributed by atoms with Crippen LogP contribution in [0, 0.1) is 11.2 Å². The van der Waals surface area contributed by atoms with E-state index < -0.39 is 17.1 Å². The summed E-state index contributed by atoms with van der Waals surface area (Å²) in [4.78, 5) is 49.1. The predicted molar refractivity (Wildman–Crippen MR) is 169 cm³/mol. The maximum absolute atomic E-state index is 13.2. The molecule has 1 aliphatic carbocycles. The molecule has 0 radical (unpaired) electrons. The second-order valence-corrected chi connectivity index (χ2v) is 12.2. The summed E-state index contributed by atoms with van der Waals surface area (Å²) in [7, 11) is 1.46. The Morgan fingerprint density at radius 2 is 1.60 bits per heavy atom. The molecule has 1 N–H and O–H groups in total. The number of hydrogen-bond acceptors (Lipinski definition) is 9. The number of hydrogen-bond donors (Lipinski definition) is 1. The Hall–Kier alpha value is -4.71. The number of methoxy groups -OCH3 is 1. The Morgan fingerprint density at radius 3 is 2.19 bits per heavy atom. The van der Waals surface area contributed by atoms with E-state index >= 15 is 0 Å². The highest BCUT2D eigenvalue weighted by atomic mass is 19.1. The van der Waals surface area contributed by atoms with E-state index in [1.807, 2.05) is 13.8 Å². The highest BCUT2D eigenvalue weighted by Gasteiger charge is 2.54. The zero-order valence-corrected chi connectivity index (χ0v) is 26.3. The Balaban J connectivity index is 1.11. The number of aromatic nitrogens is 1. The van der Waals surface area contributed by atoms with Gasteiger partial charge in [-0.3, -0.25) is 24.2 Å². The van der Waals surface area contributed by atoms with E-state index in [0.29, 0.717) is 53.2 Å². The Labute approximate surface area is 271 Å². The summed E-state index contributed by atoms with van der Waals surface area (Å²) in [5.41, 5.74) is 3.69. The van der Waals surface area contributed by atoms with E-state index in [1.54, 1.807) is 60.8 Å². The first kappa shape index (κ1) is 32.2. The minimum atomic E-state index is -0.967. The standard InChI is InChI=1S/C36H35FN2O8/c1-35(2)44-20-26(47-35)21-45-39-34(42)28-18-27-29(19-31(28)43-3)38-15-12-30(27)46-25-10-6-23(7-11-25)17-33(41)36(13-14-36)32(40)16-22-4-8-24(37)9-5-22/h4-12,15,18-19,26H,13-14,16-17,20-21H2,1-3H3,(H,39,42). The van der Waals surface area contributed by atoms with Crippen LogP contribution in [-0.4, -0.2) is 54.7 Å². The highest BCUT2D eigenvalue weighted by molar-refractivity contribution is 6.11. The average Bonchev–Trinajstić information content (AvgIpc) is 3.80. The number of amides is 1. The minimum absolute atomic E-state index is 0.101. The quantitative estimate of drug-likeness (QED) is 0.145. The van der Waals surface area contributed by atoms with Crippen LogP contribution in [0.4, 0.5) is 4.39 Å². The fraction of sp³-hybridized carbons (Fsp3) is 0.333. The SMILES string of the molecule is COc1cc2nccc(Oc3ccc(CC(=O)C4(C(=O)Cc5ccc(F)cc5)CC4)cc3)c2cc1C(=O)NOCC1COC(C)(C)O1. The van der Waals surface area contributed by atoms with E-state index in [0.717, 1.165) is 5.56 Å². The number of pyridine rings is 1. The van der Waals surface area contributed by atoms with Gasteiger partial charge in [-0.15, -0.1) is 0 Å². The van der Waals surface area contributed by atoms with Gasteiger partial charge in [0, 0.05) is 30.5 Å². The maximum atomic E-state index is 13.2. The molecule has 244 valence electrons. The van der Waals surface area contributed by atoms with Crippen molar-refractivity contribution in [1.82, 2.24) is 10.5 Å². The van der Waals surface area contributed by atoms with Gasteiger partial charge >= 0.3 is 0 Å². The number of carbonyl (C=O) groups is 3. The van der Waals surface area contributed by atoms with Crippen molar-refractivity contribution >= 4 is 28.4 Å². The summed E-state index contributed by atoms with van der Waals surface area (Å²) >= 11 is 0. The van der Waals surface area contributed by atoms with Crippen LogP contribution in [0.1, 0.15) is 48.2 Å². The first-order valence-electron chi connectivity index (χ1n) is 15.3. The second kappa shape index (κ2) is 13.2. The van der Waals surface area contributed by atoms with Gasteiger partial charge in [-0.05, 0) is 74.2 Å². The van der Waals surface area contributed by atoms with Crippen molar-refractivity contribution in [2.45, 2.75) is 51.4 Å². The number of Topliss-reactive ketones (excluding diaryl/α,β-unsaturated/α-hetero) is 2. The zero-order chi connectivity index (χ0) is 33.2. The van der Waals surface area contributed by atoms with Crippen LogP contribution in [0.2, 0.25) is 0 Å². The van der Waals surface area contributed by atoms with Crippen molar-refractivity contribution in [3.8, 4) is 17.2 Å². The third-order valence-corrected chi connectivity index (χ3v) is 8.38. The van der Waals surface area contributed by atoms with Crippen LogP contribution < -0.4 is 15.0 Å². The fourth-order valence-corrected chi connectivity index (χ4v) is 5.64. The molecule has 1 unspecified atom stereocenters. The van der Waals surface area contributed by atoms with Gasteiger partial charge in [0.25, 0.3) is 5.91 Å². The van der Waals surface area contributed by atoms with E-state index in [4.69, 9.17) is 23.8 Å². The van der Waals surface area contributed by atoms with Gasteiger partial charge in [-0.25, -0.2) is 9.87 Å². The summed E-state index contributed by atoms with van der Waals surface area (Å²) in [6, 6.07) is 17.8. The summed E-state index contributed by atoms with van der Waals surface area (Å²) in [5.74, 6) is -0.557. The van der Waals surface area contributed by atoms with Gasteiger partial charge in [0.05, 0.1) is 30.2 Å². The van der Waals surface area contributed by atoms with Crippen molar-refractivity contribution in [3.05, 3.63) is 95.4 Å². The third-order valence-electron chi connectivity index (χ3n) is 8.38. The van der Waals surface area contributed by atoms with Gasteiger partial charge < -0.3 is 18.9 Å². The number of halogens is 1. The molecule has 3 aromatic carbocycles. The summed E-state index contributed by atoms with van der Waals surface area (Å²) in [5, 5.41) is 0.572. The lowest BCUT2D eigenvalue weighted by molar-refractivity contribution is -0.147. The Kier molecular flexibility index (Phi) is 9.05. The summed E-state index contributed by atoms with van der Waals surface area (Å²) in [6.45, 7) is 4.07. The molecule has 1 saturated carbocycles. The smallest absolute Gasteiger partial charge is 0.278 e. The van der Waals surface area contributed by atoms with Gasteiger partial charge in [-0.2, -0.15) is 0 Å². The average molecular weight is 643 g/mol. The molecule has 1 amide bonds. The lowest BCUT2D eigenvalue weighted by atomic mass is 9.88. The van der Waals surface area contributed by atoms with E-state index in [9.17, 15) is 18.8 Å². The number of hydroxylamine groups is 1. The van der Waals surface area contributed by atoms with Gasteiger partial charge in [0.2, 0.25) is 0 Å². The zero-order valence-electron chi connectivity index (χ0n) is 26.3. The molecule has 2 heterocycles. The van der Waals surface area contributed by atoms with E-state index in [1.165, 1.54) is 19.2 Å². The largest absolute Gasteiger partial charge is 0.496 e. The monoisotopic (exact) mass is 642 g/mol. The van der Waals surface area contributed by atoms with Crippen molar-refractivity contribution < 1.29 is 42.6 Å². The molecule has 6 rings (SSSR count). The molecular formula is C36H35FN2O8. The maximum Gasteiger partial charge on any atom is 0.278 e. The number of nitrogens with zero attached hydrogens (tertiary/aromatic N) is 1.